The van der Waals surface area contributed by atoms with E-state index in [-0.39, 0.29) is 12.1 Å². The summed E-state index contributed by atoms with van der Waals surface area (Å²) in [7, 11) is 1.71. The molecule has 2 unspecified atom stereocenters. The van der Waals surface area contributed by atoms with Crippen LogP contribution in [0.1, 0.15) is 43.5 Å². The molecule has 4 heteroatoms. The Bertz CT molecular complexity index is 496. The van der Waals surface area contributed by atoms with Crippen molar-refractivity contribution < 1.29 is 4.74 Å². The molecule has 2 atom stereocenters. The second-order valence-corrected chi connectivity index (χ2v) is 4.62. The van der Waals surface area contributed by atoms with Crippen LogP contribution in [0.15, 0.2) is 36.7 Å². The standard InChI is InChI=1S/C15H21N3O/c1-4-14(13-7-5-6-8-15(13)19-3)18-11(2)12-9-16-17-10-12/h5-11,14,18H,4H2,1-3H3,(H,16,17). The summed E-state index contributed by atoms with van der Waals surface area (Å²) in [5.41, 5.74) is 2.36. The number of rotatable bonds is 6. The summed E-state index contributed by atoms with van der Waals surface area (Å²) < 4.78 is 5.44. The number of ether oxygens (including phenoxy) is 1. The molecule has 1 heterocycles. The van der Waals surface area contributed by atoms with Gasteiger partial charge in [0.15, 0.2) is 0 Å². The van der Waals surface area contributed by atoms with Gasteiger partial charge in [0, 0.05) is 29.4 Å². The Morgan fingerprint density at radius 2 is 2.16 bits per heavy atom. The molecule has 0 bridgehead atoms. The van der Waals surface area contributed by atoms with Gasteiger partial charge in [-0.1, -0.05) is 25.1 Å². The molecule has 4 nitrogen and oxygen atoms in total. The van der Waals surface area contributed by atoms with Crippen molar-refractivity contribution in [1.29, 1.82) is 0 Å². The third-order valence-electron chi connectivity index (χ3n) is 3.39. The highest BCUT2D eigenvalue weighted by molar-refractivity contribution is 5.36. The molecule has 0 saturated carbocycles. The van der Waals surface area contributed by atoms with Crippen molar-refractivity contribution in [2.75, 3.05) is 7.11 Å². The van der Waals surface area contributed by atoms with Crippen LogP contribution in [0.4, 0.5) is 0 Å². The first kappa shape index (κ1) is 13.6. The first-order chi connectivity index (χ1) is 9.26. The molecule has 2 rings (SSSR count). The van der Waals surface area contributed by atoms with Crippen LogP contribution in [0.2, 0.25) is 0 Å². The van der Waals surface area contributed by atoms with Gasteiger partial charge in [0.2, 0.25) is 0 Å². The summed E-state index contributed by atoms with van der Waals surface area (Å²) in [6.07, 6.45) is 4.78. The molecule has 0 spiro atoms. The average Bonchev–Trinajstić information content (AvgIpc) is 2.98. The fraction of sp³-hybridized carbons (Fsp3) is 0.400. The zero-order chi connectivity index (χ0) is 13.7. The lowest BCUT2D eigenvalue weighted by Crippen LogP contribution is -2.24. The Balaban J connectivity index is 2.16. The number of para-hydroxylation sites is 1. The van der Waals surface area contributed by atoms with E-state index in [4.69, 9.17) is 4.74 Å². The summed E-state index contributed by atoms with van der Waals surface area (Å²) in [5, 5.41) is 10.5. The van der Waals surface area contributed by atoms with Gasteiger partial charge in [-0.2, -0.15) is 5.10 Å². The largest absolute Gasteiger partial charge is 0.496 e. The second kappa shape index (κ2) is 6.38. The highest BCUT2D eigenvalue weighted by atomic mass is 16.5. The van der Waals surface area contributed by atoms with Crippen molar-refractivity contribution >= 4 is 0 Å². The van der Waals surface area contributed by atoms with E-state index in [9.17, 15) is 0 Å². The number of nitrogens with one attached hydrogen (secondary N) is 2. The lowest BCUT2D eigenvalue weighted by Gasteiger charge is -2.23. The Hall–Kier alpha value is -1.81. The van der Waals surface area contributed by atoms with Crippen LogP contribution in [0, 0.1) is 0 Å². The number of aromatic nitrogens is 2. The van der Waals surface area contributed by atoms with Crippen LogP contribution in [0.3, 0.4) is 0 Å². The molecule has 19 heavy (non-hydrogen) atoms. The van der Waals surface area contributed by atoms with Gasteiger partial charge in [-0.3, -0.25) is 5.10 Å². The molecule has 0 amide bonds. The van der Waals surface area contributed by atoms with Crippen molar-refractivity contribution in [3.05, 3.63) is 47.8 Å². The van der Waals surface area contributed by atoms with Crippen LogP contribution in [0.25, 0.3) is 0 Å². The molecule has 0 saturated heterocycles. The summed E-state index contributed by atoms with van der Waals surface area (Å²) in [5.74, 6) is 0.932. The Morgan fingerprint density at radius 1 is 1.37 bits per heavy atom. The zero-order valence-corrected chi connectivity index (χ0v) is 11.7. The minimum Gasteiger partial charge on any atom is -0.496 e. The van der Waals surface area contributed by atoms with E-state index >= 15 is 0 Å². The molecule has 2 aromatic rings. The van der Waals surface area contributed by atoms with Crippen LogP contribution >= 0.6 is 0 Å². The first-order valence-corrected chi connectivity index (χ1v) is 6.63. The summed E-state index contributed by atoms with van der Waals surface area (Å²) >= 11 is 0. The van der Waals surface area contributed by atoms with Crippen LogP contribution in [-0.4, -0.2) is 17.3 Å². The molecule has 102 valence electrons. The van der Waals surface area contributed by atoms with Gasteiger partial charge in [-0.05, 0) is 19.4 Å². The third kappa shape index (κ3) is 3.15. The first-order valence-electron chi connectivity index (χ1n) is 6.63. The fourth-order valence-corrected chi connectivity index (χ4v) is 2.28. The molecule has 0 aliphatic heterocycles. The molecule has 0 radical (unpaired) electrons. The highest BCUT2D eigenvalue weighted by Gasteiger charge is 2.17. The van der Waals surface area contributed by atoms with Crippen LogP contribution in [0.5, 0.6) is 5.75 Å². The topological polar surface area (TPSA) is 49.9 Å². The average molecular weight is 259 g/mol. The maximum absolute atomic E-state index is 5.44. The molecule has 1 aromatic carbocycles. The SMILES string of the molecule is CCC(NC(C)c1cn[nH]c1)c1ccccc1OC. The van der Waals surface area contributed by atoms with E-state index in [0.29, 0.717) is 0 Å². The van der Waals surface area contributed by atoms with Crippen molar-refractivity contribution in [3.8, 4) is 5.75 Å². The molecule has 0 fully saturated rings. The quantitative estimate of drug-likeness (QED) is 0.837. The van der Waals surface area contributed by atoms with Crippen molar-refractivity contribution in [2.24, 2.45) is 0 Å². The van der Waals surface area contributed by atoms with Gasteiger partial charge in [0.05, 0.1) is 13.3 Å². The molecule has 1 aromatic heterocycles. The minimum absolute atomic E-state index is 0.244. The molecular weight excluding hydrogens is 238 g/mol. The van der Waals surface area contributed by atoms with E-state index in [2.05, 4.69) is 35.4 Å². The van der Waals surface area contributed by atoms with Gasteiger partial charge in [-0.25, -0.2) is 0 Å². The van der Waals surface area contributed by atoms with Gasteiger partial charge >= 0.3 is 0 Å². The molecular formula is C15H21N3O. The number of aromatic amines is 1. The summed E-state index contributed by atoms with van der Waals surface area (Å²) in [6.45, 7) is 4.31. The van der Waals surface area contributed by atoms with E-state index < -0.39 is 0 Å². The number of methoxy groups -OCH3 is 1. The predicted molar refractivity (Wildman–Crippen MR) is 76.2 cm³/mol. The second-order valence-electron chi connectivity index (χ2n) is 4.62. The monoisotopic (exact) mass is 259 g/mol. The van der Waals surface area contributed by atoms with Crippen molar-refractivity contribution in [1.82, 2.24) is 15.5 Å². The van der Waals surface area contributed by atoms with E-state index in [1.807, 2.05) is 30.6 Å². The van der Waals surface area contributed by atoms with Gasteiger partial charge < -0.3 is 10.1 Å². The lowest BCUT2D eigenvalue weighted by molar-refractivity contribution is 0.388. The predicted octanol–water partition coefficient (Wildman–Crippen LogP) is 3.22. The number of H-pyrrole nitrogens is 1. The maximum Gasteiger partial charge on any atom is 0.123 e. The Kier molecular flexibility index (Phi) is 4.58. The zero-order valence-electron chi connectivity index (χ0n) is 11.7. The van der Waals surface area contributed by atoms with Crippen molar-refractivity contribution in [2.45, 2.75) is 32.4 Å². The molecule has 2 N–H and O–H groups in total. The normalized spacial score (nSPS) is 14.1. The number of nitrogens with zero attached hydrogens (tertiary/aromatic N) is 1. The van der Waals surface area contributed by atoms with Gasteiger partial charge in [0.25, 0.3) is 0 Å². The smallest absolute Gasteiger partial charge is 0.123 e. The number of hydrogen-bond acceptors (Lipinski definition) is 3. The van der Waals surface area contributed by atoms with Crippen molar-refractivity contribution in [3.63, 3.8) is 0 Å². The van der Waals surface area contributed by atoms with Crippen LogP contribution in [-0.2, 0) is 0 Å². The molecule has 0 aliphatic rings. The van der Waals surface area contributed by atoms with E-state index in [1.165, 1.54) is 5.56 Å². The third-order valence-corrected chi connectivity index (χ3v) is 3.39. The number of benzene rings is 1. The van der Waals surface area contributed by atoms with Gasteiger partial charge in [0.1, 0.15) is 5.75 Å². The minimum atomic E-state index is 0.244. The fourth-order valence-electron chi connectivity index (χ4n) is 2.28. The van der Waals surface area contributed by atoms with E-state index in [1.54, 1.807) is 7.11 Å². The van der Waals surface area contributed by atoms with E-state index in [0.717, 1.165) is 17.7 Å². The number of hydrogen-bond donors (Lipinski definition) is 2. The lowest BCUT2D eigenvalue weighted by atomic mass is 10.0. The Labute approximate surface area is 114 Å². The Morgan fingerprint density at radius 3 is 2.79 bits per heavy atom. The van der Waals surface area contributed by atoms with Crippen LogP contribution < -0.4 is 10.1 Å². The van der Waals surface area contributed by atoms with Gasteiger partial charge in [-0.15, -0.1) is 0 Å². The maximum atomic E-state index is 5.44. The summed E-state index contributed by atoms with van der Waals surface area (Å²) in [6, 6.07) is 8.67. The highest BCUT2D eigenvalue weighted by Crippen LogP contribution is 2.28. The molecule has 0 aliphatic carbocycles. The summed E-state index contributed by atoms with van der Waals surface area (Å²) in [4.78, 5) is 0.